The molecule has 6 nitrogen and oxygen atoms in total. The predicted molar refractivity (Wildman–Crippen MR) is 75.0 cm³/mol. The van der Waals surface area contributed by atoms with Crippen molar-refractivity contribution in [2.24, 2.45) is 11.1 Å². The van der Waals surface area contributed by atoms with E-state index in [1.807, 2.05) is 0 Å². The van der Waals surface area contributed by atoms with Crippen molar-refractivity contribution in [3.05, 3.63) is 39.4 Å². The number of nitro benzene ring substituents is 1. The highest BCUT2D eigenvalue weighted by atomic mass is 16.6. The van der Waals surface area contributed by atoms with Crippen LogP contribution in [0.2, 0.25) is 0 Å². The van der Waals surface area contributed by atoms with E-state index in [1.54, 1.807) is 19.1 Å². The highest BCUT2D eigenvalue weighted by Crippen LogP contribution is 2.40. The molecule has 1 aromatic carbocycles. The summed E-state index contributed by atoms with van der Waals surface area (Å²) in [5.74, 6) is -0.0443. The molecule has 0 aliphatic heterocycles. The standard InChI is InChI=1S/C14H19N3O3/c1-10-11(4-2-5-12(10)17(19)20)8-16-13(18)14(9-15)6-3-7-14/h2,4-5H,3,6-9,15H2,1H3,(H,16,18). The first-order valence-corrected chi connectivity index (χ1v) is 6.71. The second-order valence-corrected chi connectivity index (χ2v) is 5.34. The smallest absolute Gasteiger partial charge is 0.272 e. The molecule has 1 aliphatic rings. The summed E-state index contributed by atoms with van der Waals surface area (Å²) < 4.78 is 0. The lowest BCUT2D eigenvalue weighted by molar-refractivity contribution is -0.385. The number of nitro groups is 1. The molecule has 2 rings (SSSR count). The minimum absolute atomic E-state index is 0.0443. The summed E-state index contributed by atoms with van der Waals surface area (Å²) in [5, 5.41) is 13.7. The minimum Gasteiger partial charge on any atom is -0.351 e. The molecule has 1 aromatic rings. The van der Waals surface area contributed by atoms with E-state index in [4.69, 9.17) is 5.73 Å². The molecule has 1 amide bonds. The molecule has 1 fully saturated rings. The lowest BCUT2D eigenvalue weighted by Gasteiger charge is -2.39. The van der Waals surface area contributed by atoms with Gasteiger partial charge in [-0.25, -0.2) is 0 Å². The van der Waals surface area contributed by atoms with Crippen molar-refractivity contribution < 1.29 is 9.72 Å². The Morgan fingerprint density at radius 1 is 1.50 bits per heavy atom. The number of rotatable bonds is 5. The normalized spacial score (nSPS) is 16.3. The summed E-state index contributed by atoms with van der Waals surface area (Å²) >= 11 is 0. The minimum atomic E-state index is -0.422. The summed E-state index contributed by atoms with van der Waals surface area (Å²) in [4.78, 5) is 22.6. The average Bonchev–Trinajstić information content (AvgIpc) is 2.36. The maximum Gasteiger partial charge on any atom is 0.272 e. The van der Waals surface area contributed by atoms with Crippen LogP contribution in [0.15, 0.2) is 18.2 Å². The Bertz CT molecular complexity index is 533. The number of nitrogens with two attached hydrogens (primary N) is 1. The zero-order chi connectivity index (χ0) is 14.8. The molecule has 0 aromatic heterocycles. The van der Waals surface area contributed by atoms with Crippen molar-refractivity contribution in [3.8, 4) is 0 Å². The van der Waals surface area contributed by atoms with Crippen LogP contribution in [0.5, 0.6) is 0 Å². The molecule has 3 N–H and O–H groups in total. The summed E-state index contributed by atoms with van der Waals surface area (Å²) in [5.41, 5.74) is 6.69. The zero-order valence-corrected chi connectivity index (χ0v) is 11.5. The molecule has 0 unspecified atom stereocenters. The van der Waals surface area contributed by atoms with Crippen LogP contribution in [0, 0.1) is 22.5 Å². The predicted octanol–water partition coefficient (Wildman–Crippen LogP) is 1.65. The van der Waals surface area contributed by atoms with E-state index in [1.165, 1.54) is 6.07 Å². The van der Waals surface area contributed by atoms with E-state index in [0.29, 0.717) is 18.7 Å². The Kier molecular flexibility index (Phi) is 4.04. The van der Waals surface area contributed by atoms with Crippen LogP contribution in [0.25, 0.3) is 0 Å². The number of hydrogen-bond donors (Lipinski definition) is 2. The molecule has 0 bridgehead atoms. The summed E-state index contributed by atoms with van der Waals surface area (Å²) in [6, 6.07) is 4.89. The van der Waals surface area contributed by atoms with Crippen molar-refractivity contribution in [3.63, 3.8) is 0 Å². The van der Waals surface area contributed by atoms with Crippen LogP contribution >= 0.6 is 0 Å². The average molecular weight is 277 g/mol. The first kappa shape index (κ1) is 14.5. The number of nitrogens with one attached hydrogen (secondary N) is 1. The molecule has 108 valence electrons. The molecule has 20 heavy (non-hydrogen) atoms. The van der Waals surface area contributed by atoms with Gasteiger partial charge in [0.25, 0.3) is 5.69 Å². The van der Waals surface area contributed by atoms with E-state index >= 15 is 0 Å². The SMILES string of the molecule is Cc1c(CNC(=O)C2(CN)CCC2)cccc1[N+](=O)[O-]. The van der Waals surface area contributed by atoms with Gasteiger partial charge in [0.2, 0.25) is 5.91 Å². The van der Waals surface area contributed by atoms with Gasteiger partial charge in [-0.1, -0.05) is 18.6 Å². The maximum absolute atomic E-state index is 12.2. The van der Waals surface area contributed by atoms with Crippen molar-refractivity contribution >= 4 is 11.6 Å². The lowest BCUT2D eigenvalue weighted by atomic mass is 9.68. The second kappa shape index (κ2) is 5.58. The van der Waals surface area contributed by atoms with E-state index in [-0.39, 0.29) is 11.6 Å². The number of benzene rings is 1. The number of nitrogens with zero attached hydrogens (tertiary/aromatic N) is 1. The maximum atomic E-state index is 12.2. The number of carbonyl (C=O) groups excluding carboxylic acids is 1. The van der Waals surface area contributed by atoms with Crippen molar-refractivity contribution in [1.29, 1.82) is 0 Å². The van der Waals surface area contributed by atoms with Gasteiger partial charge in [-0.15, -0.1) is 0 Å². The molecule has 6 heteroatoms. The number of hydrogen-bond acceptors (Lipinski definition) is 4. The second-order valence-electron chi connectivity index (χ2n) is 5.34. The van der Waals surface area contributed by atoms with Crippen LogP contribution in [0.4, 0.5) is 5.69 Å². The summed E-state index contributed by atoms with van der Waals surface area (Å²) in [6.45, 7) is 2.35. The van der Waals surface area contributed by atoms with Crippen molar-refractivity contribution in [2.45, 2.75) is 32.7 Å². The van der Waals surface area contributed by atoms with E-state index in [0.717, 1.165) is 24.8 Å². The summed E-state index contributed by atoms with van der Waals surface area (Å²) in [7, 11) is 0. The highest BCUT2D eigenvalue weighted by molar-refractivity contribution is 5.83. The first-order chi connectivity index (χ1) is 9.50. The molecule has 0 atom stereocenters. The Morgan fingerprint density at radius 3 is 2.70 bits per heavy atom. The van der Waals surface area contributed by atoms with Gasteiger partial charge in [-0.3, -0.25) is 14.9 Å². The van der Waals surface area contributed by atoms with Gasteiger partial charge in [-0.2, -0.15) is 0 Å². The van der Waals surface area contributed by atoms with Crippen LogP contribution in [-0.4, -0.2) is 17.4 Å². The van der Waals surface area contributed by atoms with Crippen LogP contribution < -0.4 is 11.1 Å². The molecule has 0 radical (unpaired) electrons. The van der Waals surface area contributed by atoms with Gasteiger partial charge >= 0.3 is 0 Å². The monoisotopic (exact) mass is 277 g/mol. The fourth-order valence-corrected chi connectivity index (χ4v) is 2.55. The Morgan fingerprint density at radius 2 is 2.20 bits per heavy atom. The third-order valence-corrected chi connectivity index (χ3v) is 4.24. The van der Waals surface area contributed by atoms with E-state index in [9.17, 15) is 14.9 Å². The van der Waals surface area contributed by atoms with Crippen LogP contribution in [0.3, 0.4) is 0 Å². The highest BCUT2D eigenvalue weighted by Gasteiger charge is 2.42. The van der Waals surface area contributed by atoms with Gasteiger partial charge in [0.1, 0.15) is 0 Å². The fraction of sp³-hybridized carbons (Fsp3) is 0.500. The van der Waals surface area contributed by atoms with Crippen LogP contribution in [-0.2, 0) is 11.3 Å². The molecular formula is C14H19N3O3. The fourth-order valence-electron chi connectivity index (χ4n) is 2.55. The molecule has 0 spiro atoms. The van der Waals surface area contributed by atoms with Gasteiger partial charge in [-0.05, 0) is 25.3 Å². The summed E-state index contributed by atoms with van der Waals surface area (Å²) in [6.07, 6.45) is 2.67. The third kappa shape index (κ3) is 2.51. The topological polar surface area (TPSA) is 98.3 Å². The molecule has 0 heterocycles. The molecule has 1 aliphatic carbocycles. The molecule has 0 saturated heterocycles. The number of amides is 1. The van der Waals surface area contributed by atoms with E-state index in [2.05, 4.69) is 5.32 Å². The zero-order valence-electron chi connectivity index (χ0n) is 11.5. The largest absolute Gasteiger partial charge is 0.351 e. The van der Waals surface area contributed by atoms with Crippen molar-refractivity contribution in [2.75, 3.05) is 6.54 Å². The first-order valence-electron chi connectivity index (χ1n) is 6.71. The van der Waals surface area contributed by atoms with E-state index < -0.39 is 10.3 Å². The van der Waals surface area contributed by atoms with Gasteiger partial charge in [0, 0.05) is 24.7 Å². The number of carbonyl (C=O) groups is 1. The van der Waals surface area contributed by atoms with Crippen molar-refractivity contribution in [1.82, 2.24) is 5.32 Å². The Labute approximate surface area is 117 Å². The Balaban J connectivity index is 2.06. The lowest BCUT2D eigenvalue weighted by Crippen LogP contribution is -2.50. The molecule has 1 saturated carbocycles. The van der Waals surface area contributed by atoms with Crippen LogP contribution in [0.1, 0.15) is 30.4 Å². The third-order valence-electron chi connectivity index (χ3n) is 4.24. The quantitative estimate of drug-likeness (QED) is 0.631. The van der Waals surface area contributed by atoms with Gasteiger partial charge in [0.05, 0.1) is 10.3 Å². The Hall–Kier alpha value is -1.95. The molecular weight excluding hydrogens is 258 g/mol. The van der Waals surface area contributed by atoms with Gasteiger partial charge in [0.15, 0.2) is 0 Å². The van der Waals surface area contributed by atoms with Gasteiger partial charge < -0.3 is 11.1 Å².